The molecule has 4 rings (SSSR count). The molecule has 0 bridgehead atoms. The smallest absolute Gasteiger partial charge is 0.231 e. The van der Waals surface area contributed by atoms with Gasteiger partial charge in [0.15, 0.2) is 16.6 Å². The molecule has 2 aliphatic rings. The number of β-amino-alcohol motifs (C(OH)–C–C–N with tert-alkyl or cyclic N) is 1. The SMILES string of the molecule is O[C@H](COCc1ccc2c(c1)OCO2)CN1CCN(c2nccs2)CC1. The molecule has 0 aliphatic carbocycles. The number of aliphatic hydroxyl groups is 1. The summed E-state index contributed by atoms with van der Waals surface area (Å²) in [6, 6.07) is 5.77. The van der Waals surface area contributed by atoms with Crippen molar-refractivity contribution in [2.45, 2.75) is 12.7 Å². The van der Waals surface area contributed by atoms with Gasteiger partial charge in [-0.3, -0.25) is 4.90 Å². The lowest BCUT2D eigenvalue weighted by atomic mass is 10.2. The van der Waals surface area contributed by atoms with Crippen LogP contribution < -0.4 is 14.4 Å². The van der Waals surface area contributed by atoms with Crippen molar-refractivity contribution in [3.8, 4) is 11.5 Å². The van der Waals surface area contributed by atoms with Crippen LogP contribution in [-0.2, 0) is 11.3 Å². The van der Waals surface area contributed by atoms with Gasteiger partial charge in [0.05, 0.1) is 19.3 Å². The standard InChI is InChI=1S/C18H23N3O4S/c22-15(10-20-4-6-21(7-5-20)18-19-3-8-26-18)12-23-11-14-1-2-16-17(9-14)25-13-24-16/h1-3,8-9,15,22H,4-7,10-13H2/t15-/m0/s1. The summed E-state index contributed by atoms with van der Waals surface area (Å²) in [5.41, 5.74) is 1.01. The van der Waals surface area contributed by atoms with Gasteiger partial charge in [-0.05, 0) is 17.7 Å². The van der Waals surface area contributed by atoms with Gasteiger partial charge in [-0.15, -0.1) is 11.3 Å². The first kappa shape index (κ1) is 17.5. The molecule has 2 aromatic rings. The molecule has 140 valence electrons. The molecule has 1 saturated heterocycles. The van der Waals surface area contributed by atoms with Crippen molar-refractivity contribution >= 4 is 16.5 Å². The van der Waals surface area contributed by atoms with E-state index in [1.807, 2.05) is 29.8 Å². The van der Waals surface area contributed by atoms with Gasteiger partial charge in [0, 0.05) is 44.3 Å². The van der Waals surface area contributed by atoms with Crippen LogP contribution >= 0.6 is 11.3 Å². The van der Waals surface area contributed by atoms with Crippen molar-refractivity contribution in [1.82, 2.24) is 9.88 Å². The minimum Gasteiger partial charge on any atom is -0.454 e. The number of ether oxygens (including phenoxy) is 3. The molecule has 1 atom stereocenters. The van der Waals surface area contributed by atoms with Crippen molar-refractivity contribution in [2.24, 2.45) is 0 Å². The highest BCUT2D eigenvalue weighted by molar-refractivity contribution is 7.13. The number of benzene rings is 1. The summed E-state index contributed by atoms with van der Waals surface area (Å²) in [5, 5.41) is 13.3. The second-order valence-electron chi connectivity index (χ2n) is 6.46. The van der Waals surface area contributed by atoms with Crippen LogP contribution in [0.2, 0.25) is 0 Å². The topological polar surface area (TPSA) is 67.3 Å². The Morgan fingerprint density at radius 1 is 1.19 bits per heavy atom. The highest BCUT2D eigenvalue weighted by Gasteiger charge is 2.20. The first-order chi connectivity index (χ1) is 12.8. The largest absolute Gasteiger partial charge is 0.454 e. The molecular formula is C18H23N3O4S. The monoisotopic (exact) mass is 377 g/mol. The van der Waals surface area contributed by atoms with Crippen molar-refractivity contribution < 1.29 is 19.3 Å². The minimum atomic E-state index is -0.490. The van der Waals surface area contributed by atoms with Gasteiger partial charge in [0.25, 0.3) is 0 Å². The van der Waals surface area contributed by atoms with E-state index in [2.05, 4.69) is 14.8 Å². The molecule has 1 aromatic carbocycles. The van der Waals surface area contributed by atoms with Gasteiger partial charge in [0.1, 0.15) is 0 Å². The van der Waals surface area contributed by atoms with Crippen molar-refractivity contribution in [3.05, 3.63) is 35.3 Å². The Bertz CT molecular complexity index is 704. The van der Waals surface area contributed by atoms with Crippen LogP contribution in [0.4, 0.5) is 5.13 Å². The van der Waals surface area contributed by atoms with E-state index in [4.69, 9.17) is 14.2 Å². The molecule has 3 heterocycles. The van der Waals surface area contributed by atoms with Gasteiger partial charge in [-0.1, -0.05) is 6.07 Å². The number of thiazole rings is 1. The average molecular weight is 377 g/mol. The van der Waals surface area contributed by atoms with Crippen molar-refractivity contribution in [2.75, 3.05) is 51.0 Å². The highest BCUT2D eigenvalue weighted by atomic mass is 32.1. The van der Waals surface area contributed by atoms with Gasteiger partial charge in [0.2, 0.25) is 6.79 Å². The van der Waals surface area contributed by atoms with Crippen molar-refractivity contribution in [3.63, 3.8) is 0 Å². The lowest BCUT2D eigenvalue weighted by Gasteiger charge is -2.35. The number of rotatable bonds is 7. The zero-order chi connectivity index (χ0) is 17.8. The maximum atomic E-state index is 10.2. The number of nitrogens with zero attached hydrogens (tertiary/aromatic N) is 3. The molecule has 0 saturated carbocycles. The molecule has 8 heteroatoms. The summed E-state index contributed by atoms with van der Waals surface area (Å²) in [7, 11) is 0. The summed E-state index contributed by atoms with van der Waals surface area (Å²) in [4.78, 5) is 8.93. The Hall–Kier alpha value is -1.87. The van der Waals surface area contributed by atoms with E-state index in [1.165, 1.54) is 0 Å². The second-order valence-corrected chi connectivity index (χ2v) is 7.33. The summed E-state index contributed by atoms with van der Waals surface area (Å²) in [6.07, 6.45) is 1.35. The third-order valence-corrected chi connectivity index (χ3v) is 5.38. The molecule has 0 amide bonds. The number of aromatic nitrogens is 1. The normalized spacial score (nSPS) is 18.3. The zero-order valence-electron chi connectivity index (χ0n) is 14.5. The number of piperazine rings is 1. The predicted molar refractivity (Wildman–Crippen MR) is 99.0 cm³/mol. The van der Waals surface area contributed by atoms with Crippen LogP contribution in [0.25, 0.3) is 0 Å². The molecule has 26 heavy (non-hydrogen) atoms. The van der Waals surface area contributed by atoms with E-state index >= 15 is 0 Å². The summed E-state index contributed by atoms with van der Waals surface area (Å²) in [5.74, 6) is 1.52. The van der Waals surface area contributed by atoms with E-state index in [1.54, 1.807) is 11.3 Å². The van der Waals surface area contributed by atoms with E-state index in [0.29, 0.717) is 19.8 Å². The van der Waals surface area contributed by atoms with Crippen LogP contribution in [0, 0.1) is 0 Å². The molecule has 1 aromatic heterocycles. The van der Waals surface area contributed by atoms with Gasteiger partial charge in [-0.25, -0.2) is 4.98 Å². The Morgan fingerprint density at radius 2 is 2.04 bits per heavy atom. The molecule has 0 radical (unpaired) electrons. The fourth-order valence-electron chi connectivity index (χ4n) is 3.19. The highest BCUT2D eigenvalue weighted by Crippen LogP contribution is 2.32. The Morgan fingerprint density at radius 3 is 2.85 bits per heavy atom. The Labute approximate surface area is 156 Å². The first-order valence-electron chi connectivity index (χ1n) is 8.79. The molecule has 1 N–H and O–H groups in total. The van der Waals surface area contributed by atoms with Gasteiger partial charge < -0.3 is 24.2 Å². The summed E-state index contributed by atoms with van der Waals surface area (Å²) < 4.78 is 16.3. The fourth-order valence-corrected chi connectivity index (χ4v) is 3.88. The van der Waals surface area contributed by atoms with Crippen LogP contribution in [-0.4, -0.2) is 67.2 Å². The first-order valence-corrected chi connectivity index (χ1v) is 9.67. The molecule has 2 aliphatic heterocycles. The second kappa shape index (κ2) is 8.22. The molecule has 1 fully saturated rings. The maximum Gasteiger partial charge on any atom is 0.231 e. The Balaban J connectivity index is 1.16. The quantitative estimate of drug-likeness (QED) is 0.786. The third kappa shape index (κ3) is 4.27. The third-order valence-electron chi connectivity index (χ3n) is 4.55. The van der Waals surface area contributed by atoms with E-state index in [9.17, 15) is 5.11 Å². The molecule has 7 nitrogen and oxygen atoms in total. The average Bonchev–Trinajstić information content (AvgIpc) is 3.34. The number of anilines is 1. The van der Waals surface area contributed by atoms with E-state index in [0.717, 1.165) is 48.4 Å². The predicted octanol–water partition coefficient (Wildman–Crippen LogP) is 1.57. The zero-order valence-corrected chi connectivity index (χ0v) is 15.4. The Kier molecular flexibility index (Phi) is 5.54. The van der Waals surface area contributed by atoms with E-state index < -0.39 is 6.10 Å². The van der Waals surface area contributed by atoms with Crippen LogP contribution in [0.15, 0.2) is 29.8 Å². The number of hydrogen-bond acceptors (Lipinski definition) is 8. The molecular weight excluding hydrogens is 354 g/mol. The lowest BCUT2D eigenvalue weighted by Crippen LogP contribution is -2.49. The number of hydrogen-bond donors (Lipinski definition) is 1. The maximum absolute atomic E-state index is 10.2. The number of fused-ring (bicyclic) bond motifs is 1. The van der Waals surface area contributed by atoms with Crippen molar-refractivity contribution in [1.29, 1.82) is 0 Å². The van der Waals surface area contributed by atoms with Crippen LogP contribution in [0.3, 0.4) is 0 Å². The summed E-state index contributed by atoms with van der Waals surface area (Å²) in [6.45, 7) is 5.42. The van der Waals surface area contributed by atoms with Crippen LogP contribution in [0.5, 0.6) is 11.5 Å². The van der Waals surface area contributed by atoms with E-state index in [-0.39, 0.29) is 6.79 Å². The minimum absolute atomic E-state index is 0.272. The molecule has 0 spiro atoms. The number of aliphatic hydroxyl groups excluding tert-OH is 1. The molecule has 0 unspecified atom stereocenters. The lowest BCUT2D eigenvalue weighted by molar-refractivity contribution is 0.00911. The fraction of sp³-hybridized carbons (Fsp3) is 0.500. The van der Waals surface area contributed by atoms with Gasteiger partial charge in [-0.2, -0.15) is 0 Å². The van der Waals surface area contributed by atoms with Crippen LogP contribution in [0.1, 0.15) is 5.56 Å². The summed E-state index contributed by atoms with van der Waals surface area (Å²) >= 11 is 1.67. The van der Waals surface area contributed by atoms with Gasteiger partial charge >= 0.3 is 0 Å².